The van der Waals surface area contributed by atoms with E-state index in [1.54, 1.807) is 33.0 Å². The number of benzene rings is 1. The minimum Gasteiger partial charge on any atom is -0.434 e. The summed E-state index contributed by atoms with van der Waals surface area (Å²) >= 11 is 0. The summed E-state index contributed by atoms with van der Waals surface area (Å²) in [4.78, 5) is 11.8. The Morgan fingerprint density at radius 3 is 2.25 bits per heavy atom. The number of rotatable bonds is 6. The van der Waals surface area contributed by atoms with E-state index in [9.17, 15) is 13.6 Å². The molecule has 0 saturated carbocycles. The molecule has 0 unspecified atom stereocenters. The van der Waals surface area contributed by atoms with Gasteiger partial charge < -0.3 is 15.4 Å². The van der Waals surface area contributed by atoms with E-state index in [1.165, 1.54) is 0 Å². The lowest BCUT2D eigenvalue weighted by atomic mass is 10.1. The fourth-order valence-electron chi connectivity index (χ4n) is 1.76. The number of ether oxygens (including phenoxy) is 1. The van der Waals surface area contributed by atoms with E-state index in [0.717, 1.165) is 0 Å². The van der Waals surface area contributed by atoms with Crippen molar-refractivity contribution in [3.63, 3.8) is 0 Å². The largest absolute Gasteiger partial charge is 0.434 e. The van der Waals surface area contributed by atoms with Crippen LogP contribution in [0, 0.1) is 13.8 Å². The topological polar surface area (TPSA) is 50.4 Å². The van der Waals surface area contributed by atoms with Crippen LogP contribution in [0.4, 0.5) is 8.78 Å². The molecule has 0 aliphatic rings. The molecule has 0 aromatic heterocycles. The van der Waals surface area contributed by atoms with Crippen molar-refractivity contribution in [2.75, 3.05) is 20.1 Å². The molecule has 0 atom stereocenters. The molecule has 0 heterocycles. The van der Waals surface area contributed by atoms with Crippen molar-refractivity contribution in [2.24, 2.45) is 0 Å². The van der Waals surface area contributed by atoms with Crippen molar-refractivity contribution >= 4 is 18.3 Å². The summed E-state index contributed by atoms with van der Waals surface area (Å²) in [5.74, 6) is -0.105. The van der Waals surface area contributed by atoms with Crippen molar-refractivity contribution in [3.8, 4) is 5.75 Å². The van der Waals surface area contributed by atoms with Crippen LogP contribution in [-0.4, -0.2) is 32.7 Å². The predicted octanol–water partition coefficient (Wildman–Crippen LogP) is 2.28. The Morgan fingerprint density at radius 1 is 1.25 bits per heavy atom. The van der Waals surface area contributed by atoms with E-state index in [-0.39, 0.29) is 24.1 Å². The first-order valence-electron chi connectivity index (χ1n) is 5.94. The molecule has 0 aliphatic carbocycles. The van der Waals surface area contributed by atoms with Crippen LogP contribution in [-0.2, 0) is 0 Å². The van der Waals surface area contributed by atoms with Crippen LogP contribution in [0.15, 0.2) is 12.1 Å². The Bertz CT molecular complexity index is 433. The molecule has 0 radical (unpaired) electrons. The number of carbonyl (C=O) groups excluding carboxylic acids is 1. The third-order valence-electron chi connectivity index (χ3n) is 2.59. The molecule has 2 N–H and O–H groups in total. The maximum Gasteiger partial charge on any atom is 0.387 e. The zero-order valence-corrected chi connectivity index (χ0v) is 12.4. The second-order valence-corrected chi connectivity index (χ2v) is 4.18. The minimum absolute atomic E-state index is 0. The molecule has 114 valence electrons. The number of aryl methyl sites for hydroxylation is 2. The Balaban J connectivity index is 0.00000361. The van der Waals surface area contributed by atoms with E-state index in [4.69, 9.17) is 0 Å². The molecular formula is C13H19ClF2N2O2. The van der Waals surface area contributed by atoms with Gasteiger partial charge in [0.1, 0.15) is 5.75 Å². The fraction of sp³-hybridized carbons (Fsp3) is 0.462. The number of halogens is 3. The first-order valence-corrected chi connectivity index (χ1v) is 5.94. The van der Waals surface area contributed by atoms with E-state index in [1.807, 2.05) is 0 Å². The van der Waals surface area contributed by atoms with Gasteiger partial charge in [-0.3, -0.25) is 4.79 Å². The van der Waals surface area contributed by atoms with Crippen LogP contribution in [0.1, 0.15) is 21.5 Å². The first kappa shape index (κ1) is 18.6. The molecule has 1 aromatic carbocycles. The van der Waals surface area contributed by atoms with Gasteiger partial charge >= 0.3 is 6.61 Å². The van der Waals surface area contributed by atoms with Crippen LogP contribution in [0.5, 0.6) is 5.75 Å². The number of likely N-dealkylation sites (N-methyl/N-ethyl adjacent to an activating group) is 1. The Hall–Kier alpha value is -1.40. The van der Waals surface area contributed by atoms with Crippen molar-refractivity contribution in [3.05, 3.63) is 28.8 Å². The molecular weight excluding hydrogens is 290 g/mol. The number of amides is 1. The summed E-state index contributed by atoms with van der Waals surface area (Å²) in [6.07, 6.45) is 0. The van der Waals surface area contributed by atoms with Gasteiger partial charge in [-0.15, -0.1) is 12.4 Å². The van der Waals surface area contributed by atoms with Gasteiger partial charge in [0.2, 0.25) is 0 Å². The number of alkyl halides is 2. The Morgan fingerprint density at radius 2 is 1.80 bits per heavy atom. The first-order chi connectivity index (χ1) is 8.95. The van der Waals surface area contributed by atoms with Crippen LogP contribution in [0.3, 0.4) is 0 Å². The summed E-state index contributed by atoms with van der Waals surface area (Å²) < 4.78 is 28.9. The molecule has 1 rings (SSSR count). The number of hydrogen-bond donors (Lipinski definition) is 2. The molecule has 0 bridgehead atoms. The third-order valence-corrected chi connectivity index (χ3v) is 2.59. The van der Waals surface area contributed by atoms with Gasteiger partial charge in [0, 0.05) is 18.7 Å². The molecule has 0 fully saturated rings. The van der Waals surface area contributed by atoms with E-state index in [0.29, 0.717) is 29.8 Å². The number of carbonyl (C=O) groups is 1. The highest BCUT2D eigenvalue weighted by molar-refractivity contribution is 5.94. The number of nitrogens with one attached hydrogen (secondary N) is 2. The van der Waals surface area contributed by atoms with Crippen LogP contribution >= 0.6 is 12.4 Å². The summed E-state index contributed by atoms with van der Waals surface area (Å²) in [5.41, 5.74) is 1.46. The lowest BCUT2D eigenvalue weighted by molar-refractivity contribution is -0.0507. The van der Waals surface area contributed by atoms with Crippen molar-refractivity contribution in [2.45, 2.75) is 20.5 Å². The summed E-state index contributed by atoms with van der Waals surface area (Å²) in [6, 6.07) is 3.08. The second-order valence-electron chi connectivity index (χ2n) is 4.18. The highest BCUT2D eigenvalue weighted by Crippen LogP contribution is 2.26. The van der Waals surface area contributed by atoms with Gasteiger partial charge in [-0.1, -0.05) is 0 Å². The highest BCUT2D eigenvalue weighted by atomic mass is 35.5. The number of hydrogen-bond acceptors (Lipinski definition) is 3. The molecule has 0 saturated heterocycles. The summed E-state index contributed by atoms with van der Waals surface area (Å²) in [6.45, 7) is 1.57. The highest BCUT2D eigenvalue weighted by Gasteiger charge is 2.14. The van der Waals surface area contributed by atoms with E-state index < -0.39 is 6.61 Å². The zero-order chi connectivity index (χ0) is 14.4. The van der Waals surface area contributed by atoms with Gasteiger partial charge in [0.25, 0.3) is 5.91 Å². The van der Waals surface area contributed by atoms with Crippen molar-refractivity contribution in [1.82, 2.24) is 10.6 Å². The quantitative estimate of drug-likeness (QED) is 0.793. The second kappa shape index (κ2) is 8.71. The predicted molar refractivity (Wildman–Crippen MR) is 76.1 cm³/mol. The average molecular weight is 309 g/mol. The van der Waals surface area contributed by atoms with E-state index >= 15 is 0 Å². The monoisotopic (exact) mass is 308 g/mol. The van der Waals surface area contributed by atoms with Gasteiger partial charge in [-0.2, -0.15) is 8.78 Å². The van der Waals surface area contributed by atoms with E-state index in [2.05, 4.69) is 15.4 Å². The third kappa shape index (κ3) is 5.30. The normalized spacial score (nSPS) is 10.1. The molecule has 0 spiro atoms. The maximum absolute atomic E-state index is 12.2. The molecule has 0 aliphatic heterocycles. The average Bonchev–Trinajstić information content (AvgIpc) is 2.33. The van der Waals surface area contributed by atoms with Gasteiger partial charge in [-0.05, 0) is 44.2 Å². The standard InChI is InChI=1S/C13H18F2N2O2.ClH/c1-8-6-10(12(18)17-5-4-16-3)7-9(2)11(8)19-13(14)15;/h6-7,13,16H,4-5H2,1-3H3,(H,17,18);1H. The molecule has 4 nitrogen and oxygen atoms in total. The van der Waals surface area contributed by atoms with Gasteiger partial charge in [0.15, 0.2) is 0 Å². The molecule has 7 heteroatoms. The SMILES string of the molecule is CNCCNC(=O)c1cc(C)c(OC(F)F)c(C)c1.Cl. The van der Waals surface area contributed by atoms with Gasteiger partial charge in [0.05, 0.1) is 0 Å². The van der Waals surface area contributed by atoms with Gasteiger partial charge in [-0.25, -0.2) is 0 Å². The summed E-state index contributed by atoms with van der Waals surface area (Å²) in [7, 11) is 1.79. The summed E-state index contributed by atoms with van der Waals surface area (Å²) in [5, 5.41) is 5.63. The minimum atomic E-state index is -2.87. The van der Waals surface area contributed by atoms with Crippen molar-refractivity contribution < 1.29 is 18.3 Å². The smallest absolute Gasteiger partial charge is 0.387 e. The lowest BCUT2D eigenvalue weighted by Gasteiger charge is -2.13. The molecule has 1 aromatic rings. The lowest BCUT2D eigenvalue weighted by Crippen LogP contribution is -2.30. The maximum atomic E-state index is 12.2. The van der Waals surface area contributed by atoms with Crippen LogP contribution in [0.25, 0.3) is 0 Å². The van der Waals surface area contributed by atoms with Crippen LogP contribution < -0.4 is 15.4 Å². The van der Waals surface area contributed by atoms with Crippen LogP contribution in [0.2, 0.25) is 0 Å². The molecule has 1 amide bonds. The Labute approximate surface area is 123 Å². The zero-order valence-electron chi connectivity index (χ0n) is 11.6. The van der Waals surface area contributed by atoms with Crippen molar-refractivity contribution in [1.29, 1.82) is 0 Å². The molecule has 20 heavy (non-hydrogen) atoms. The Kier molecular flexibility index (Phi) is 8.10. The fourth-order valence-corrected chi connectivity index (χ4v) is 1.76.